The molecule has 0 fully saturated rings. The molecule has 76 valence electrons. The van der Waals surface area contributed by atoms with E-state index in [1.165, 1.54) is 0 Å². The maximum atomic E-state index is 10.9. The molecule has 0 aliphatic heterocycles. The zero-order valence-corrected chi connectivity index (χ0v) is 8.91. The van der Waals surface area contributed by atoms with Crippen LogP contribution >= 0.6 is 11.6 Å². The van der Waals surface area contributed by atoms with Gasteiger partial charge in [0.1, 0.15) is 9.84 Å². The summed E-state index contributed by atoms with van der Waals surface area (Å²) in [6, 6.07) is 0. The van der Waals surface area contributed by atoms with Gasteiger partial charge in [0.2, 0.25) is 5.91 Å². The molecule has 0 aromatic heterocycles. The van der Waals surface area contributed by atoms with Crippen molar-refractivity contribution in [2.24, 2.45) is 0 Å². The highest BCUT2D eigenvalue weighted by molar-refractivity contribution is 7.90. The van der Waals surface area contributed by atoms with Crippen LogP contribution in [-0.4, -0.2) is 32.9 Å². The van der Waals surface area contributed by atoms with Crippen LogP contribution in [0.4, 0.5) is 0 Å². The first-order valence-corrected chi connectivity index (χ1v) is 6.03. The molecule has 0 saturated heterocycles. The molecule has 6 heteroatoms. The lowest BCUT2D eigenvalue weighted by molar-refractivity contribution is -0.120. The second-order valence-electron chi connectivity index (χ2n) is 2.67. The van der Waals surface area contributed by atoms with Gasteiger partial charge in [-0.15, -0.1) is 0 Å². The maximum Gasteiger partial charge on any atom is 0.221 e. The third kappa shape index (κ3) is 9.36. The normalized spacial score (nSPS) is 10.9. The Bertz CT molecular complexity index is 297. The van der Waals surface area contributed by atoms with E-state index in [9.17, 15) is 13.2 Å². The molecule has 0 aliphatic rings. The molecule has 0 atom stereocenters. The Kier molecular flexibility index (Phi) is 5.02. The average Bonchev–Trinajstić information content (AvgIpc) is 1.95. The van der Waals surface area contributed by atoms with E-state index >= 15 is 0 Å². The Hall–Kier alpha value is -0.550. The summed E-state index contributed by atoms with van der Waals surface area (Å²) in [6.07, 6.45) is 1.05. The zero-order chi connectivity index (χ0) is 10.5. The van der Waals surface area contributed by atoms with Crippen molar-refractivity contribution in [3.05, 3.63) is 11.6 Å². The minimum Gasteiger partial charge on any atom is -0.351 e. The predicted molar refractivity (Wildman–Crippen MR) is 52.3 cm³/mol. The first kappa shape index (κ1) is 12.4. The van der Waals surface area contributed by atoms with E-state index in [1.807, 2.05) is 0 Å². The van der Waals surface area contributed by atoms with E-state index in [2.05, 4.69) is 11.9 Å². The molecule has 0 rings (SSSR count). The standard InChI is InChI=1S/C7H12ClNO3S/c1-6(8)5-9-7(10)3-4-13(2,11)12/h1,3-5H2,2H3,(H,9,10). The highest BCUT2D eigenvalue weighted by atomic mass is 35.5. The second-order valence-corrected chi connectivity index (χ2v) is 5.47. The van der Waals surface area contributed by atoms with Gasteiger partial charge in [0.05, 0.1) is 12.3 Å². The van der Waals surface area contributed by atoms with Crippen molar-refractivity contribution >= 4 is 27.3 Å². The topological polar surface area (TPSA) is 63.2 Å². The maximum absolute atomic E-state index is 10.9. The number of rotatable bonds is 5. The number of carbonyl (C=O) groups excluding carboxylic acids is 1. The molecule has 0 aliphatic carbocycles. The lowest BCUT2D eigenvalue weighted by Crippen LogP contribution is -2.26. The fraction of sp³-hybridized carbons (Fsp3) is 0.571. The van der Waals surface area contributed by atoms with Crippen molar-refractivity contribution in [3.8, 4) is 0 Å². The van der Waals surface area contributed by atoms with Crippen molar-refractivity contribution in [1.29, 1.82) is 0 Å². The highest BCUT2D eigenvalue weighted by Gasteiger charge is 2.07. The van der Waals surface area contributed by atoms with E-state index in [-0.39, 0.29) is 24.6 Å². The van der Waals surface area contributed by atoms with Crippen LogP contribution < -0.4 is 5.32 Å². The van der Waals surface area contributed by atoms with Crippen molar-refractivity contribution in [1.82, 2.24) is 5.32 Å². The van der Waals surface area contributed by atoms with E-state index < -0.39 is 9.84 Å². The van der Waals surface area contributed by atoms with Crippen LogP contribution in [0.25, 0.3) is 0 Å². The summed E-state index contributed by atoms with van der Waals surface area (Å²) >= 11 is 5.38. The van der Waals surface area contributed by atoms with Crippen molar-refractivity contribution in [3.63, 3.8) is 0 Å². The molecule has 13 heavy (non-hydrogen) atoms. The average molecular weight is 226 g/mol. The van der Waals surface area contributed by atoms with Gasteiger partial charge in [-0.05, 0) is 0 Å². The van der Waals surface area contributed by atoms with Crippen LogP contribution in [0.2, 0.25) is 0 Å². The summed E-state index contributed by atoms with van der Waals surface area (Å²) < 4.78 is 21.3. The Morgan fingerprint density at radius 1 is 1.54 bits per heavy atom. The van der Waals surface area contributed by atoms with Gasteiger partial charge in [0, 0.05) is 17.7 Å². The molecule has 0 spiro atoms. The lowest BCUT2D eigenvalue weighted by Gasteiger charge is -2.02. The molecule has 0 unspecified atom stereocenters. The monoisotopic (exact) mass is 225 g/mol. The number of sulfone groups is 1. The van der Waals surface area contributed by atoms with Gasteiger partial charge >= 0.3 is 0 Å². The number of hydrogen-bond donors (Lipinski definition) is 1. The molecule has 0 aromatic carbocycles. The predicted octanol–water partition coefficient (Wildman–Crippen LogP) is 0.290. The Labute approximate surface area is 82.9 Å². The Balaban J connectivity index is 3.71. The van der Waals surface area contributed by atoms with Crippen LogP contribution in [0.1, 0.15) is 6.42 Å². The fourth-order valence-corrected chi connectivity index (χ4v) is 1.18. The summed E-state index contributed by atoms with van der Waals surface area (Å²) in [5, 5.41) is 2.73. The lowest BCUT2D eigenvalue weighted by atomic mass is 10.4. The fourth-order valence-electron chi connectivity index (χ4n) is 0.561. The van der Waals surface area contributed by atoms with Gasteiger partial charge < -0.3 is 5.32 Å². The molecule has 4 nitrogen and oxygen atoms in total. The van der Waals surface area contributed by atoms with Gasteiger partial charge in [-0.1, -0.05) is 18.2 Å². The molecular formula is C7H12ClNO3S. The van der Waals surface area contributed by atoms with Gasteiger partial charge in [0.15, 0.2) is 0 Å². The number of carbonyl (C=O) groups is 1. The quantitative estimate of drug-likeness (QED) is 0.732. The largest absolute Gasteiger partial charge is 0.351 e. The van der Waals surface area contributed by atoms with Gasteiger partial charge in [0.25, 0.3) is 0 Å². The van der Waals surface area contributed by atoms with Crippen LogP contribution in [0.3, 0.4) is 0 Å². The van der Waals surface area contributed by atoms with E-state index in [1.54, 1.807) is 0 Å². The molecule has 0 bridgehead atoms. The zero-order valence-electron chi connectivity index (χ0n) is 7.34. The second kappa shape index (κ2) is 5.24. The van der Waals surface area contributed by atoms with Crippen molar-refractivity contribution < 1.29 is 13.2 Å². The van der Waals surface area contributed by atoms with Gasteiger partial charge in [-0.25, -0.2) is 8.42 Å². The smallest absolute Gasteiger partial charge is 0.221 e. The third-order valence-corrected chi connectivity index (χ3v) is 2.26. The summed E-state index contributed by atoms with van der Waals surface area (Å²) in [6.45, 7) is 3.54. The van der Waals surface area contributed by atoms with Crippen LogP contribution in [0.5, 0.6) is 0 Å². The van der Waals surface area contributed by atoms with E-state index in [0.29, 0.717) is 5.03 Å². The van der Waals surface area contributed by atoms with Crippen LogP contribution in [0, 0.1) is 0 Å². The summed E-state index contributed by atoms with van der Waals surface area (Å²) in [7, 11) is -3.07. The summed E-state index contributed by atoms with van der Waals surface area (Å²) in [5.74, 6) is -0.486. The Morgan fingerprint density at radius 2 is 2.08 bits per heavy atom. The minimum absolute atomic E-state index is 0.0387. The number of halogens is 1. The van der Waals surface area contributed by atoms with E-state index in [0.717, 1.165) is 6.26 Å². The highest BCUT2D eigenvalue weighted by Crippen LogP contribution is 1.94. The van der Waals surface area contributed by atoms with Crippen LogP contribution in [0.15, 0.2) is 11.6 Å². The first-order chi connectivity index (χ1) is 5.81. The number of hydrogen-bond acceptors (Lipinski definition) is 3. The molecule has 0 aromatic rings. The minimum atomic E-state index is -3.07. The molecule has 0 radical (unpaired) electrons. The summed E-state index contributed by atoms with van der Waals surface area (Å²) in [5.41, 5.74) is 0. The SMILES string of the molecule is C=C(Cl)CNC(=O)CCS(C)(=O)=O. The summed E-state index contributed by atoms with van der Waals surface area (Å²) in [4.78, 5) is 10.9. The molecule has 1 N–H and O–H groups in total. The van der Waals surface area contributed by atoms with Gasteiger partial charge in [-0.3, -0.25) is 4.79 Å². The van der Waals surface area contributed by atoms with Crippen LogP contribution in [-0.2, 0) is 14.6 Å². The molecule has 1 amide bonds. The Morgan fingerprint density at radius 3 is 2.46 bits per heavy atom. The van der Waals surface area contributed by atoms with Gasteiger partial charge in [-0.2, -0.15) is 0 Å². The third-order valence-electron chi connectivity index (χ3n) is 1.18. The van der Waals surface area contributed by atoms with Crippen molar-refractivity contribution in [2.45, 2.75) is 6.42 Å². The van der Waals surface area contributed by atoms with E-state index in [4.69, 9.17) is 11.6 Å². The molecular weight excluding hydrogens is 214 g/mol. The number of amides is 1. The molecule has 0 saturated carbocycles. The van der Waals surface area contributed by atoms with Crippen molar-refractivity contribution in [2.75, 3.05) is 18.6 Å². The molecule has 0 heterocycles. The first-order valence-electron chi connectivity index (χ1n) is 3.59. The number of nitrogens with one attached hydrogen (secondary N) is 1.